The van der Waals surface area contributed by atoms with Crippen LogP contribution in [-0.4, -0.2) is 17.5 Å². The summed E-state index contributed by atoms with van der Waals surface area (Å²) in [6, 6.07) is 17.1. The monoisotopic (exact) mass is 414 g/mol. The van der Waals surface area contributed by atoms with Crippen LogP contribution in [0.3, 0.4) is 0 Å². The molecule has 1 aromatic heterocycles. The lowest BCUT2D eigenvalue weighted by Gasteiger charge is -2.23. The number of carbonyl (C=O) groups is 1. The molecule has 3 aromatic rings. The van der Waals surface area contributed by atoms with E-state index < -0.39 is 17.8 Å². The number of carbonyl (C=O) groups excluding carboxylic acids is 1. The fourth-order valence-electron chi connectivity index (χ4n) is 2.95. The highest BCUT2D eigenvalue weighted by molar-refractivity contribution is 5.89. The van der Waals surface area contributed by atoms with E-state index in [0.717, 1.165) is 23.3 Å². The third kappa shape index (κ3) is 6.01. The summed E-state index contributed by atoms with van der Waals surface area (Å²) in [5, 5.41) is 2.55. The van der Waals surface area contributed by atoms with Gasteiger partial charge in [0.05, 0.1) is 18.4 Å². The quantitative estimate of drug-likeness (QED) is 0.505. The zero-order chi connectivity index (χ0) is 21.6. The average molecular weight is 414 g/mol. The number of hydrogen-bond acceptors (Lipinski definition) is 2. The normalized spacial score (nSPS) is 11.9. The Kier molecular flexibility index (Phi) is 6.61. The number of benzene rings is 2. The zero-order valence-corrected chi connectivity index (χ0v) is 16.3. The third-order valence-electron chi connectivity index (χ3n) is 4.31. The molecule has 30 heavy (non-hydrogen) atoms. The molecule has 1 heterocycles. The Morgan fingerprint density at radius 2 is 1.83 bits per heavy atom. The molecule has 0 radical (unpaired) electrons. The number of halogens is 3. The Labute approximate surface area is 172 Å². The van der Waals surface area contributed by atoms with Crippen LogP contribution < -0.4 is 5.32 Å². The molecule has 0 saturated heterocycles. The van der Waals surface area contributed by atoms with Gasteiger partial charge in [0, 0.05) is 12.2 Å². The van der Waals surface area contributed by atoms with Gasteiger partial charge in [-0.3, -0.25) is 0 Å². The van der Waals surface area contributed by atoms with Gasteiger partial charge in [0.25, 0.3) is 0 Å². The van der Waals surface area contributed by atoms with Crippen LogP contribution in [0, 0.1) is 0 Å². The predicted octanol–water partition coefficient (Wildman–Crippen LogP) is 6.44. The second-order valence-corrected chi connectivity index (χ2v) is 6.85. The van der Waals surface area contributed by atoms with E-state index in [1.807, 2.05) is 43.3 Å². The summed E-state index contributed by atoms with van der Waals surface area (Å²) in [5.74, 6) is 0.571. The maximum Gasteiger partial charge on any atom is 0.416 e. The van der Waals surface area contributed by atoms with Crippen LogP contribution in [0.15, 0.2) is 83.0 Å². The van der Waals surface area contributed by atoms with Crippen molar-refractivity contribution in [3.8, 4) is 0 Å². The van der Waals surface area contributed by atoms with Gasteiger partial charge in [-0.2, -0.15) is 13.2 Å². The van der Waals surface area contributed by atoms with Gasteiger partial charge in [0.15, 0.2) is 0 Å². The van der Waals surface area contributed by atoms with Crippen molar-refractivity contribution in [1.29, 1.82) is 0 Å². The fraction of sp³-hybridized carbons (Fsp3) is 0.174. The average Bonchev–Trinajstić information content (AvgIpc) is 3.21. The first-order chi connectivity index (χ1) is 14.3. The Bertz CT molecular complexity index is 997. The SMILES string of the molecule is C/C(=C\c1ccccc1)CN(Cc1ccco1)C(=O)Nc1cccc(C(F)(F)F)c1. The summed E-state index contributed by atoms with van der Waals surface area (Å²) in [7, 11) is 0. The maximum atomic E-state index is 13.0. The highest BCUT2D eigenvalue weighted by Gasteiger charge is 2.30. The van der Waals surface area contributed by atoms with Gasteiger partial charge in [0.1, 0.15) is 5.76 Å². The van der Waals surface area contributed by atoms with Gasteiger partial charge in [-0.05, 0) is 42.8 Å². The lowest BCUT2D eigenvalue weighted by Crippen LogP contribution is -2.35. The zero-order valence-electron chi connectivity index (χ0n) is 16.3. The van der Waals surface area contributed by atoms with Crippen molar-refractivity contribution in [2.45, 2.75) is 19.6 Å². The summed E-state index contributed by atoms with van der Waals surface area (Å²) >= 11 is 0. The molecule has 0 unspecified atom stereocenters. The van der Waals surface area contributed by atoms with Gasteiger partial charge >= 0.3 is 12.2 Å². The molecule has 1 N–H and O–H groups in total. The third-order valence-corrected chi connectivity index (χ3v) is 4.31. The number of furan rings is 1. The smallest absolute Gasteiger partial charge is 0.416 e. The van der Waals surface area contributed by atoms with Crippen molar-refractivity contribution in [3.05, 3.63) is 95.5 Å². The largest absolute Gasteiger partial charge is 0.467 e. The standard InChI is InChI=1S/C23H21F3N2O2/c1-17(13-18-7-3-2-4-8-18)15-28(16-21-11-6-12-30-21)22(29)27-20-10-5-9-19(14-20)23(24,25)26/h2-14H,15-16H2,1H3,(H,27,29)/b17-13+. The Hall–Kier alpha value is -3.48. The van der Waals surface area contributed by atoms with Crippen LogP contribution in [0.1, 0.15) is 23.8 Å². The number of nitrogens with zero attached hydrogens (tertiary/aromatic N) is 1. The number of nitrogens with one attached hydrogen (secondary N) is 1. The molecule has 156 valence electrons. The van der Waals surface area contributed by atoms with Gasteiger partial charge < -0.3 is 14.6 Å². The number of alkyl halides is 3. The van der Waals surface area contributed by atoms with Crippen LogP contribution in [-0.2, 0) is 12.7 Å². The van der Waals surface area contributed by atoms with Gasteiger partial charge in [0.2, 0.25) is 0 Å². The molecular weight excluding hydrogens is 393 g/mol. The van der Waals surface area contributed by atoms with Crippen LogP contribution in [0.4, 0.5) is 23.7 Å². The molecule has 3 rings (SSSR count). The van der Waals surface area contributed by atoms with E-state index in [1.54, 1.807) is 12.1 Å². The van der Waals surface area contributed by atoms with Gasteiger partial charge in [-0.1, -0.05) is 48.0 Å². The van der Waals surface area contributed by atoms with Crippen LogP contribution in [0.2, 0.25) is 0 Å². The molecule has 0 aliphatic carbocycles. The lowest BCUT2D eigenvalue weighted by atomic mass is 10.1. The first-order valence-electron chi connectivity index (χ1n) is 9.29. The minimum Gasteiger partial charge on any atom is -0.467 e. The number of rotatable bonds is 6. The molecule has 2 amide bonds. The number of anilines is 1. The molecule has 0 saturated carbocycles. The van der Waals surface area contributed by atoms with E-state index in [1.165, 1.54) is 23.3 Å². The van der Waals surface area contributed by atoms with Crippen LogP contribution in [0.5, 0.6) is 0 Å². The van der Waals surface area contributed by atoms with Crippen LogP contribution >= 0.6 is 0 Å². The van der Waals surface area contributed by atoms with E-state index in [4.69, 9.17) is 4.42 Å². The summed E-state index contributed by atoms with van der Waals surface area (Å²) < 4.78 is 44.2. The van der Waals surface area contributed by atoms with E-state index in [2.05, 4.69) is 5.32 Å². The number of amides is 2. The Morgan fingerprint density at radius 3 is 2.50 bits per heavy atom. The van der Waals surface area contributed by atoms with Crippen molar-refractivity contribution in [1.82, 2.24) is 4.90 Å². The molecular formula is C23H21F3N2O2. The minimum atomic E-state index is -4.48. The molecule has 7 heteroatoms. The minimum absolute atomic E-state index is 0.0731. The lowest BCUT2D eigenvalue weighted by molar-refractivity contribution is -0.137. The van der Waals surface area contributed by atoms with Crippen molar-refractivity contribution in [2.75, 3.05) is 11.9 Å². The molecule has 0 fully saturated rings. The first-order valence-corrected chi connectivity index (χ1v) is 9.29. The molecule has 0 bridgehead atoms. The summed E-state index contributed by atoms with van der Waals surface area (Å²) in [6.45, 7) is 2.35. The van der Waals surface area contributed by atoms with Crippen LogP contribution in [0.25, 0.3) is 6.08 Å². The number of hydrogen-bond donors (Lipinski definition) is 1. The van der Waals surface area contributed by atoms with Crippen molar-refractivity contribution in [2.24, 2.45) is 0 Å². The molecule has 0 spiro atoms. The second-order valence-electron chi connectivity index (χ2n) is 6.85. The fourth-order valence-corrected chi connectivity index (χ4v) is 2.95. The predicted molar refractivity (Wildman–Crippen MR) is 110 cm³/mol. The van der Waals surface area contributed by atoms with E-state index in [-0.39, 0.29) is 18.8 Å². The summed E-state index contributed by atoms with van der Waals surface area (Å²) in [4.78, 5) is 14.3. The maximum absolute atomic E-state index is 13.0. The van der Waals surface area contributed by atoms with Crippen molar-refractivity contribution >= 4 is 17.8 Å². The van der Waals surface area contributed by atoms with E-state index >= 15 is 0 Å². The van der Waals surface area contributed by atoms with Crippen molar-refractivity contribution < 1.29 is 22.4 Å². The Morgan fingerprint density at radius 1 is 1.07 bits per heavy atom. The van der Waals surface area contributed by atoms with E-state index in [9.17, 15) is 18.0 Å². The molecule has 2 aromatic carbocycles. The highest BCUT2D eigenvalue weighted by Crippen LogP contribution is 2.30. The van der Waals surface area contributed by atoms with E-state index in [0.29, 0.717) is 5.76 Å². The Balaban J connectivity index is 1.78. The molecule has 4 nitrogen and oxygen atoms in total. The van der Waals surface area contributed by atoms with Crippen molar-refractivity contribution in [3.63, 3.8) is 0 Å². The topological polar surface area (TPSA) is 45.5 Å². The first kappa shape index (κ1) is 21.2. The summed E-state index contributed by atoms with van der Waals surface area (Å²) in [6.07, 6.45) is -1.03. The molecule has 0 atom stereocenters. The summed E-state index contributed by atoms with van der Waals surface area (Å²) in [5.41, 5.74) is 1.15. The van der Waals surface area contributed by atoms with Gasteiger partial charge in [-0.25, -0.2) is 4.79 Å². The molecule has 0 aliphatic heterocycles. The highest BCUT2D eigenvalue weighted by atomic mass is 19.4. The second kappa shape index (κ2) is 9.35. The number of urea groups is 1. The van der Waals surface area contributed by atoms with Gasteiger partial charge in [-0.15, -0.1) is 0 Å². The molecule has 0 aliphatic rings.